The minimum Gasteiger partial charge on any atom is -0.289 e. The van der Waals surface area contributed by atoms with Gasteiger partial charge in [-0.25, -0.2) is 17.5 Å². The lowest BCUT2D eigenvalue weighted by Gasteiger charge is -2.09. The summed E-state index contributed by atoms with van der Waals surface area (Å²) in [5.41, 5.74) is 1.37. The molecule has 5 nitrogen and oxygen atoms in total. The van der Waals surface area contributed by atoms with Crippen LogP contribution >= 0.6 is 23.2 Å². The van der Waals surface area contributed by atoms with Crippen molar-refractivity contribution in [2.45, 2.75) is 19.4 Å². The molecule has 1 aliphatic rings. The number of nitrogens with zero attached hydrogens (tertiary/aromatic N) is 2. The first-order valence-electron chi connectivity index (χ1n) is 7.80. The summed E-state index contributed by atoms with van der Waals surface area (Å²) < 4.78 is 38.0. The van der Waals surface area contributed by atoms with Crippen molar-refractivity contribution in [2.24, 2.45) is 0 Å². The summed E-state index contributed by atoms with van der Waals surface area (Å²) in [6, 6.07) is 3.42. The van der Waals surface area contributed by atoms with Gasteiger partial charge in [0.25, 0.3) is 0 Å². The van der Waals surface area contributed by atoms with Crippen molar-refractivity contribution in [1.82, 2.24) is 9.78 Å². The third kappa shape index (κ3) is 3.84. The Morgan fingerprint density at radius 3 is 2.73 bits per heavy atom. The number of ketones is 1. The molecular formula is C17H15Cl2FN2O3S. The van der Waals surface area contributed by atoms with Crippen molar-refractivity contribution >= 4 is 44.9 Å². The predicted molar refractivity (Wildman–Crippen MR) is 99.1 cm³/mol. The van der Waals surface area contributed by atoms with Crippen LogP contribution in [0.4, 0.5) is 4.39 Å². The van der Waals surface area contributed by atoms with Crippen LogP contribution in [-0.2, 0) is 9.84 Å². The molecule has 0 saturated carbocycles. The number of aromatic nitrogens is 2. The second kappa shape index (κ2) is 7.13. The number of hydrogen-bond donors (Lipinski definition) is 0. The quantitative estimate of drug-likeness (QED) is 0.559. The monoisotopic (exact) mass is 416 g/mol. The summed E-state index contributed by atoms with van der Waals surface area (Å²) in [6.07, 6.45) is 3.28. The van der Waals surface area contributed by atoms with Crippen LogP contribution in [0.3, 0.4) is 0 Å². The third-order valence-corrected chi connectivity index (χ3v) is 6.65. The number of benzene rings is 1. The molecule has 1 aromatic heterocycles. The fourth-order valence-corrected chi connectivity index (χ4v) is 5.08. The second-order valence-electron chi connectivity index (χ2n) is 6.12. The zero-order chi connectivity index (χ0) is 19.1. The second-order valence-corrected chi connectivity index (χ2v) is 9.11. The van der Waals surface area contributed by atoms with E-state index in [1.807, 2.05) is 0 Å². The summed E-state index contributed by atoms with van der Waals surface area (Å²) in [5, 5.41) is 4.47. The van der Waals surface area contributed by atoms with Gasteiger partial charge in [-0.05, 0) is 43.7 Å². The molecule has 0 aliphatic carbocycles. The molecule has 0 amide bonds. The molecule has 0 radical (unpaired) electrons. The van der Waals surface area contributed by atoms with Crippen molar-refractivity contribution in [3.63, 3.8) is 0 Å². The lowest BCUT2D eigenvalue weighted by Crippen LogP contribution is -2.12. The van der Waals surface area contributed by atoms with Crippen molar-refractivity contribution in [3.05, 3.63) is 57.1 Å². The Hall–Kier alpha value is -1.70. The van der Waals surface area contributed by atoms with Crippen LogP contribution in [0.5, 0.6) is 0 Å². The van der Waals surface area contributed by atoms with E-state index in [2.05, 4.69) is 5.10 Å². The molecule has 138 valence electrons. The molecule has 0 spiro atoms. The number of carbonyl (C=O) groups excluding carboxylic acids is 1. The molecule has 1 saturated heterocycles. The highest BCUT2D eigenvalue weighted by Gasteiger charge is 2.31. The van der Waals surface area contributed by atoms with Gasteiger partial charge in [0.15, 0.2) is 15.6 Å². The standard InChI is InChI=1S/C17H15Cl2FN2O3S/c1-10-13(3-5-16(23)11-2-4-15(20)14(18)8-11)17(19)22(21-10)12-6-7-26(24,25)9-12/h2-5,8,12H,6-7,9H2,1H3/b5-3-/t12-/m0/s1. The lowest BCUT2D eigenvalue weighted by molar-refractivity contribution is 0.104. The smallest absolute Gasteiger partial charge is 0.185 e. The molecule has 0 unspecified atom stereocenters. The Balaban J connectivity index is 1.85. The van der Waals surface area contributed by atoms with Crippen LogP contribution in [0.15, 0.2) is 24.3 Å². The Morgan fingerprint density at radius 1 is 1.38 bits per heavy atom. The molecule has 1 atom stereocenters. The minimum absolute atomic E-state index is 0.00397. The van der Waals surface area contributed by atoms with E-state index in [4.69, 9.17) is 23.2 Å². The van der Waals surface area contributed by atoms with Crippen molar-refractivity contribution in [2.75, 3.05) is 11.5 Å². The van der Waals surface area contributed by atoms with E-state index < -0.39 is 15.7 Å². The summed E-state index contributed by atoms with van der Waals surface area (Å²) in [6.45, 7) is 1.73. The molecule has 1 fully saturated rings. The van der Waals surface area contributed by atoms with Crippen LogP contribution in [0.25, 0.3) is 6.08 Å². The highest BCUT2D eigenvalue weighted by atomic mass is 35.5. The van der Waals surface area contributed by atoms with E-state index in [9.17, 15) is 17.6 Å². The van der Waals surface area contributed by atoms with Gasteiger partial charge in [-0.1, -0.05) is 23.2 Å². The molecule has 2 heterocycles. The van der Waals surface area contributed by atoms with Crippen LogP contribution in [0.1, 0.15) is 34.1 Å². The fraction of sp³-hybridized carbons (Fsp3) is 0.294. The van der Waals surface area contributed by atoms with Crippen molar-refractivity contribution in [3.8, 4) is 0 Å². The van der Waals surface area contributed by atoms with Gasteiger partial charge in [0.2, 0.25) is 0 Å². The molecule has 3 rings (SSSR count). The topological polar surface area (TPSA) is 69.0 Å². The highest BCUT2D eigenvalue weighted by molar-refractivity contribution is 7.91. The number of rotatable bonds is 4. The first-order chi connectivity index (χ1) is 12.2. The van der Waals surface area contributed by atoms with Gasteiger partial charge in [-0.3, -0.25) is 4.79 Å². The Labute approximate surface area is 160 Å². The maximum absolute atomic E-state index is 13.2. The largest absolute Gasteiger partial charge is 0.289 e. The number of hydrogen-bond acceptors (Lipinski definition) is 4. The van der Waals surface area contributed by atoms with Crippen LogP contribution < -0.4 is 0 Å². The van der Waals surface area contributed by atoms with Crippen LogP contribution in [-0.4, -0.2) is 35.5 Å². The van der Waals surface area contributed by atoms with Gasteiger partial charge >= 0.3 is 0 Å². The van der Waals surface area contributed by atoms with Gasteiger partial charge in [0.1, 0.15) is 11.0 Å². The SMILES string of the molecule is Cc1nn([C@H]2CCS(=O)(=O)C2)c(Cl)c1/C=C\C(=O)c1ccc(F)c(Cl)c1. The number of carbonyl (C=O) groups is 1. The Morgan fingerprint density at radius 2 is 2.12 bits per heavy atom. The van der Waals surface area contributed by atoms with E-state index in [-0.39, 0.29) is 39.1 Å². The van der Waals surface area contributed by atoms with Crippen LogP contribution in [0, 0.1) is 12.7 Å². The van der Waals surface area contributed by atoms with E-state index in [0.29, 0.717) is 17.7 Å². The highest BCUT2D eigenvalue weighted by Crippen LogP contribution is 2.30. The Kier molecular flexibility index (Phi) is 5.23. The van der Waals surface area contributed by atoms with Gasteiger partial charge in [-0.15, -0.1) is 0 Å². The summed E-state index contributed by atoms with van der Waals surface area (Å²) in [4.78, 5) is 12.2. The zero-order valence-corrected chi connectivity index (χ0v) is 16.1. The summed E-state index contributed by atoms with van der Waals surface area (Å²) >= 11 is 12.0. The number of aryl methyl sites for hydroxylation is 1. The van der Waals surface area contributed by atoms with Crippen molar-refractivity contribution in [1.29, 1.82) is 0 Å². The normalized spacial score (nSPS) is 19.3. The zero-order valence-electron chi connectivity index (χ0n) is 13.7. The molecule has 26 heavy (non-hydrogen) atoms. The van der Waals surface area contributed by atoms with Gasteiger partial charge in [0, 0.05) is 11.1 Å². The van der Waals surface area contributed by atoms with E-state index in [0.717, 1.165) is 6.07 Å². The Bertz CT molecular complexity index is 1020. The predicted octanol–water partition coefficient (Wildman–Crippen LogP) is 3.89. The maximum atomic E-state index is 13.2. The lowest BCUT2D eigenvalue weighted by atomic mass is 10.1. The number of sulfone groups is 1. The van der Waals surface area contributed by atoms with Gasteiger partial charge in [-0.2, -0.15) is 5.10 Å². The first kappa shape index (κ1) is 19.1. The fourth-order valence-electron chi connectivity index (χ4n) is 2.84. The first-order valence-corrected chi connectivity index (χ1v) is 10.4. The summed E-state index contributed by atoms with van der Waals surface area (Å²) in [7, 11) is -3.07. The van der Waals surface area contributed by atoms with E-state index in [1.54, 1.807) is 6.92 Å². The molecule has 1 aliphatic heterocycles. The van der Waals surface area contributed by atoms with E-state index >= 15 is 0 Å². The third-order valence-electron chi connectivity index (χ3n) is 4.23. The molecule has 0 bridgehead atoms. The van der Waals surface area contributed by atoms with Crippen molar-refractivity contribution < 1.29 is 17.6 Å². The summed E-state index contributed by atoms with van der Waals surface area (Å²) in [5.74, 6) is -0.844. The van der Waals surface area contributed by atoms with Gasteiger partial charge in [0.05, 0.1) is 28.3 Å². The molecule has 2 aromatic rings. The van der Waals surface area contributed by atoms with Gasteiger partial charge < -0.3 is 0 Å². The molecule has 1 aromatic carbocycles. The molecular weight excluding hydrogens is 402 g/mol. The molecule has 0 N–H and O–H groups in total. The number of allylic oxidation sites excluding steroid dienone is 1. The average molecular weight is 417 g/mol. The maximum Gasteiger partial charge on any atom is 0.185 e. The minimum atomic E-state index is -3.07. The van der Waals surface area contributed by atoms with Crippen LogP contribution in [0.2, 0.25) is 10.2 Å². The number of halogens is 3. The van der Waals surface area contributed by atoms with E-state index in [1.165, 1.54) is 29.0 Å². The average Bonchev–Trinajstić information content (AvgIpc) is 3.07. The molecule has 9 heteroatoms.